The molecule has 0 saturated heterocycles. The Bertz CT molecular complexity index is 534. The Labute approximate surface area is 91.7 Å². The fourth-order valence-corrected chi connectivity index (χ4v) is 1.50. The summed E-state index contributed by atoms with van der Waals surface area (Å²) < 4.78 is 5.13. The molecule has 2 aromatic carbocycles. The molecule has 0 spiro atoms. The largest absolute Gasteiger partial charge is 0.508 e. The molecule has 82 valence electrons. The molecule has 0 heterocycles. The van der Waals surface area contributed by atoms with Crippen LogP contribution in [0.25, 0.3) is 10.8 Å². The maximum Gasteiger partial charge on any atom is 0.341 e. The van der Waals surface area contributed by atoms with Crippen LogP contribution in [0.4, 0.5) is 0 Å². The van der Waals surface area contributed by atoms with E-state index in [1.807, 2.05) is 6.07 Å². The maximum absolute atomic E-state index is 10.4. The van der Waals surface area contributed by atoms with E-state index in [2.05, 4.69) is 0 Å². The van der Waals surface area contributed by atoms with Gasteiger partial charge in [-0.2, -0.15) is 0 Å². The summed E-state index contributed by atoms with van der Waals surface area (Å²) in [4.78, 5) is 10.4. The molecule has 4 nitrogen and oxygen atoms in total. The van der Waals surface area contributed by atoms with Gasteiger partial charge in [0.1, 0.15) is 11.5 Å². The molecule has 4 heteroatoms. The molecule has 0 radical (unpaired) electrons. The normalized spacial score (nSPS) is 10.2. The van der Waals surface area contributed by atoms with E-state index in [0.29, 0.717) is 11.1 Å². The Balaban J connectivity index is 2.43. The Morgan fingerprint density at radius 3 is 2.81 bits per heavy atom. The first-order chi connectivity index (χ1) is 7.66. The smallest absolute Gasteiger partial charge is 0.341 e. The number of carboxylic acids is 1. The van der Waals surface area contributed by atoms with Crippen LogP contribution in [0.3, 0.4) is 0 Å². The first-order valence-corrected chi connectivity index (χ1v) is 4.73. The Morgan fingerprint density at radius 1 is 1.25 bits per heavy atom. The van der Waals surface area contributed by atoms with E-state index in [-0.39, 0.29) is 5.75 Å². The molecule has 0 fully saturated rings. The average molecular weight is 218 g/mol. The molecule has 2 N–H and O–H groups in total. The van der Waals surface area contributed by atoms with Gasteiger partial charge in [-0.05, 0) is 23.6 Å². The van der Waals surface area contributed by atoms with Crippen molar-refractivity contribution in [2.45, 2.75) is 0 Å². The predicted molar refractivity (Wildman–Crippen MR) is 58.7 cm³/mol. The lowest BCUT2D eigenvalue weighted by atomic mass is 10.1. The van der Waals surface area contributed by atoms with Crippen molar-refractivity contribution in [1.82, 2.24) is 0 Å². The summed E-state index contributed by atoms with van der Waals surface area (Å²) in [7, 11) is 0. The summed E-state index contributed by atoms with van der Waals surface area (Å²) in [6.45, 7) is -0.394. The van der Waals surface area contributed by atoms with Gasteiger partial charge in [-0.25, -0.2) is 4.79 Å². The van der Waals surface area contributed by atoms with Crippen LogP contribution in [0.5, 0.6) is 11.5 Å². The van der Waals surface area contributed by atoms with Crippen molar-refractivity contribution in [2.75, 3.05) is 6.61 Å². The molecule has 0 aliphatic carbocycles. The van der Waals surface area contributed by atoms with Crippen LogP contribution in [-0.2, 0) is 4.79 Å². The molecule has 16 heavy (non-hydrogen) atoms. The van der Waals surface area contributed by atoms with Crippen molar-refractivity contribution in [3.63, 3.8) is 0 Å². The third-order valence-corrected chi connectivity index (χ3v) is 2.18. The maximum atomic E-state index is 10.4. The van der Waals surface area contributed by atoms with E-state index in [9.17, 15) is 9.90 Å². The van der Waals surface area contributed by atoms with Gasteiger partial charge in [0.15, 0.2) is 6.61 Å². The second-order valence-electron chi connectivity index (χ2n) is 3.34. The van der Waals surface area contributed by atoms with Crippen LogP contribution in [0.2, 0.25) is 0 Å². The molecule has 0 aliphatic rings. The Kier molecular flexibility index (Phi) is 2.64. The number of rotatable bonds is 3. The van der Waals surface area contributed by atoms with E-state index in [1.54, 1.807) is 30.3 Å². The number of aliphatic carboxylic acids is 1. The van der Waals surface area contributed by atoms with Gasteiger partial charge in [0.25, 0.3) is 0 Å². The quantitative estimate of drug-likeness (QED) is 0.826. The Hall–Kier alpha value is -2.23. The first-order valence-electron chi connectivity index (χ1n) is 4.73. The van der Waals surface area contributed by atoms with Crippen LogP contribution in [-0.4, -0.2) is 22.8 Å². The summed E-state index contributed by atoms with van der Waals surface area (Å²) >= 11 is 0. The lowest BCUT2D eigenvalue weighted by molar-refractivity contribution is -0.139. The number of hydrogen-bond acceptors (Lipinski definition) is 3. The van der Waals surface area contributed by atoms with Gasteiger partial charge < -0.3 is 14.9 Å². The molecule has 0 aliphatic heterocycles. The molecular weight excluding hydrogens is 208 g/mol. The van der Waals surface area contributed by atoms with E-state index in [4.69, 9.17) is 9.84 Å². The number of fused-ring (bicyclic) bond motifs is 1. The lowest BCUT2D eigenvalue weighted by Crippen LogP contribution is -2.09. The standard InChI is InChI=1S/C12H10O4/c13-9-5-4-8-2-1-3-11(10(8)6-9)16-7-12(14)15/h1-6,13H,7H2,(H,14,15). The van der Waals surface area contributed by atoms with Crippen LogP contribution < -0.4 is 4.74 Å². The average Bonchev–Trinajstić information content (AvgIpc) is 2.26. The van der Waals surface area contributed by atoms with E-state index in [1.165, 1.54) is 0 Å². The lowest BCUT2D eigenvalue weighted by Gasteiger charge is -2.07. The zero-order chi connectivity index (χ0) is 11.5. The van der Waals surface area contributed by atoms with Crippen LogP contribution in [0.15, 0.2) is 36.4 Å². The molecule has 2 rings (SSSR count). The second kappa shape index (κ2) is 4.10. The topological polar surface area (TPSA) is 66.8 Å². The van der Waals surface area contributed by atoms with E-state index >= 15 is 0 Å². The predicted octanol–water partition coefficient (Wildman–Crippen LogP) is 2.01. The highest BCUT2D eigenvalue weighted by Crippen LogP contribution is 2.28. The van der Waals surface area contributed by atoms with Gasteiger partial charge in [0.2, 0.25) is 0 Å². The van der Waals surface area contributed by atoms with Crippen molar-refractivity contribution in [2.24, 2.45) is 0 Å². The van der Waals surface area contributed by atoms with Crippen molar-refractivity contribution in [1.29, 1.82) is 0 Å². The fourth-order valence-electron chi connectivity index (χ4n) is 1.50. The molecular formula is C12H10O4. The molecule has 0 aromatic heterocycles. The number of carboxylic acid groups (broad SMARTS) is 1. The highest BCUT2D eigenvalue weighted by molar-refractivity contribution is 5.89. The number of phenols is 1. The van der Waals surface area contributed by atoms with Gasteiger partial charge in [-0.3, -0.25) is 0 Å². The summed E-state index contributed by atoms with van der Waals surface area (Å²) in [6, 6.07) is 10.2. The minimum absolute atomic E-state index is 0.124. The van der Waals surface area contributed by atoms with Crippen LogP contribution >= 0.6 is 0 Å². The third kappa shape index (κ3) is 2.06. The zero-order valence-electron chi connectivity index (χ0n) is 8.38. The number of benzene rings is 2. The van der Waals surface area contributed by atoms with Crippen LogP contribution in [0.1, 0.15) is 0 Å². The number of ether oxygens (including phenoxy) is 1. The highest BCUT2D eigenvalue weighted by atomic mass is 16.5. The minimum atomic E-state index is -1.03. The van der Waals surface area contributed by atoms with Gasteiger partial charge >= 0.3 is 5.97 Å². The minimum Gasteiger partial charge on any atom is -0.508 e. The van der Waals surface area contributed by atoms with Crippen molar-refractivity contribution >= 4 is 16.7 Å². The monoisotopic (exact) mass is 218 g/mol. The molecule has 0 amide bonds. The van der Waals surface area contributed by atoms with Gasteiger partial charge in [0.05, 0.1) is 0 Å². The molecule has 0 saturated carbocycles. The number of carbonyl (C=O) groups is 1. The van der Waals surface area contributed by atoms with Gasteiger partial charge in [-0.1, -0.05) is 18.2 Å². The first kappa shape index (κ1) is 10.3. The number of hydrogen-bond donors (Lipinski definition) is 2. The third-order valence-electron chi connectivity index (χ3n) is 2.18. The fraction of sp³-hybridized carbons (Fsp3) is 0.0833. The summed E-state index contributed by atoms with van der Waals surface area (Å²) in [5.41, 5.74) is 0. The van der Waals surface area contributed by atoms with E-state index in [0.717, 1.165) is 5.39 Å². The van der Waals surface area contributed by atoms with Gasteiger partial charge in [0, 0.05) is 5.39 Å². The van der Waals surface area contributed by atoms with Crippen LogP contribution in [0, 0.1) is 0 Å². The summed E-state index contributed by atoms with van der Waals surface area (Å²) in [6.07, 6.45) is 0. The second-order valence-corrected chi connectivity index (χ2v) is 3.34. The van der Waals surface area contributed by atoms with E-state index < -0.39 is 12.6 Å². The zero-order valence-corrected chi connectivity index (χ0v) is 8.38. The van der Waals surface area contributed by atoms with Crippen molar-refractivity contribution in [3.8, 4) is 11.5 Å². The SMILES string of the molecule is O=C(O)COc1cccc2ccc(O)cc12. The van der Waals surface area contributed by atoms with Crippen molar-refractivity contribution < 1.29 is 19.7 Å². The highest BCUT2D eigenvalue weighted by Gasteiger charge is 2.04. The Morgan fingerprint density at radius 2 is 2.06 bits per heavy atom. The summed E-state index contributed by atoms with van der Waals surface area (Å²) in [5.74, 6) is -0.452. The molecule has 0 unspecified atom stereocenters. The molecule has 0 atom stereocenters. The molecule has 0 bridgehead atoms. The molecule has 2 aromatic rings. The summed E-state index contributed by atoms with van der Waals surface area (Å²) in [5, 5.41) is 19.5. The van der Waals surface area contributed by atoms with Crippen molar-refractivity contribution in [3.05, 3.63) is 36.4 Å². The van der Waals surface area contributed by atoms with Gasteiger partial charge in [-0.15, -0.1) is 0 Å². The number of aromatic hydroxyl groups is 1. The number of phenolic OH excluding ortho intramolecular Hbond substituents is 1.